The first-order chi connectivity index (χ1) is 14.3. The molecule has 4 nitrogen and oxygen atoms in total. The molecule has 2 aromatic carbocycles. The van der Waals surface area contributed by atoms with E-state index in [0.29, 0.717) is 49.1 Å². The Morgan fingerprint density at radius 2 is 1.83 bits per heavy atom. The standard InChI is InChI=1S/C22H23Cl2F2N3O/c23-16-2-1-3-20(22(16)24)28-6-8-29(9-7-28)21(30)12-19(27)14-5-4-13-10-17(25)18(26)11-15(13)14/h1-3,10-11,14,19H,4-9,12,27H2/t14-,19-/m0/s1. The van der Waals surface area contributed by atoms with Crippen molar-refractivity contribution >= 4 is 34.8 Å². The number of nitrogens with zero attached hydrogens (tertiary/aromatic N) is 2. The Morgan fingerprint density at radius 3 is 2.57 bits per heavy atom. The molecule has 8 heteroatoms. The summed E-state index contributed by atoms with van der Waals surface area (Å²) in [5, 5.41) is 1.02. The number of anilines is 1. The highest BCUT2D eigenvalue weighted by molar-refractivity contribution is 6.43. The maximum absolute atomic E-state index is 13.7. The van der Waals surface area contributed by atoms with Gasteiger partial charge in [0.25, 0.3) is 0 Å². The number of aryl methyl sites for hydroxylation is 1. The molecule has 4 rings (SSSR count). The SMILES string of the molecule is N[C@@H](CC(=O)N1CCN(c2cccc(Cl)c2Cl)CC1)[C@H]1CCc2cc(F)c(F)cc21. The average molecular weight is 454 g/mol. The summed E-state index contributed by atoms with van der Waals surface area (Å²) in [6, 6.07) is 7.58. The second kappa shape index (κ2) is 8.69. The number of amides is 1. The number of piperazine rings is 1. The van der Waals surface area contributed by atoms with Gasteiger partial charge >= 0.3 is 0 Å². The number of fused-ring (bicyclic) bond motifs is 1. The third-order valence-corrected chi connectivity index (χ3v) is 6.95. The zero-order chi connectivity index (χ0) is 21.4. The van der Waals surface area contributed by atoms with Crippen LogP contribution in [0.3, 0.4) is 0 Å². The van der Waals surface area contributed by atoms with Gasteiger partial charge in [0, 0.05) is 44.6 Å². The molecule has 1 saturated heterocycles. The van der Waals surface area contributed by atoms with E-state index in [1.54, 1.807) is 11.0 Å². The molecule has 30 heavy (non-hydrogen) atoms. The molecule has 1 amide bonds. The Labute approximate surface area is 184 Å². The van der Waals surface area contributed by atoms with E-state index < -0.39 is 17.7 Å². The van der Waals surface area contributed by atoms with Gasteiger partial charge in [0.15, 0.2) is 11.6 Å². The van der Waals surface area contributed by atoms with Gasteiger partial charge in [0.2, 0.25) is 5.91 Å². The minimum Gasteiger partial charge on any atom is -0.367 e. The van der Waals surface area contributed by atoms with Crippen molar-refractivity contribution in [3.05, 3.63) is 63.1 Å². The monoisotopic (exact) mass is 453 g/mol. The van der Waals surface area contributed by atoms with Gasteiger partial charge in [-0.1, -0.05) is 29.3 Å². The number of nitrogens with two attached hydrogens (primary N) is 1. The molecular weight excluding hydrogens is 431 g/mol. The van der Waals surface area contributed by atoms with E-state index in [-0.39, 0.29) is 18.2 Å². The van der Waals surface area contributed by atoms with Crippen molar-refractivity contribution in [2.75, 3.05) is 31.1 Å². The maximum atomic E-state index is 13.7. The molecular formula is C22H23Cl2F2N3O. The molecule has 1 aliphatic carbocycles. The maximum Gasteiger partial charge on any atom is 0.224 e. The average Bonchev–Trinajstić information content (AvgIpc) is 3.13. The quantitative estimate of drug-likeness (QED) is 0.747. The fraction of sp³-hybridized carbons (Fsp3) is 0.409. The van der Waals surface area contributed by atoms with Gasteiger partial charge in [0.1, 0.15) is 0 Å². The van der Waals surface area contributed by atoms with Gasteiger partial charge in [0.05, 0.1) is 15.7 Å². The smallest absolute Gasteiger partial charge is 0.224 e. The van der Waals surface area contributed by atoms with E-state index in [2.05, 4.69) is 4.90 Å². The molecule has 2 aromatic rings. The molecule has 0 radical (unpaired) electrons. The number of hydrogen-bond acceptors (Lipinski definition) is 3. The summed E-state index contributed by atoms with van der Waals surface area (Å²) in [4.78, 5) is 16.7. The number of halogens is 4. The first-order valence-corrected chi connectivity index (χ1v) is 10.8. The van der Waals surface area contributed by atoms with Crippen LogP contribution in [0.1, 0.15) is 29.9 Å². The van der Waals surface area contributed by atoms with E-state index in [4.69, 9.17) is 28.9 Å². The lowest BCUT2D eigenvalue weighted by Gasteiger charge is -2.37. The minimum atomic E-state index is -0.866. The van der Waals surface area contributed by atoms with Gasteiger partial charge in [-0.15, -0.1) is 0 Å². The third-order valence-electron chi connectivity index (χ3n) is 6.14. The van der Waals surface area contributed by atoms with Crippen LogP contribution >= 0.6 is 23.2 Å². The summed E-state index contributed by atoms with van der Waals surface area (Å²) in [5.74, 6) is -1.85. The minimum absolute atomic E-state index is 0.0182. The van der Waals surface area contributed by atoms with Crippen LogP contribution in [0.25, 0.3) is 0 Å². The van der Waals surface area contributed by atoms with Crippen molar-refractivity contribution in [2.45, 2.75) is 31.2 Å². The first kappa shape index (κ1) is 21.3. The highest BCUT2D eigenvalue weighted by Crippen LogP contribution is 2.37. The van der Waals surface area contributed by atoms with Crippen molar-refractivity contribution in [3.63, 3.8) is 0 Å². The van der Waals surface area contributed by atoms with E-state index in [1.807, 2.05) is 12.1 Å². The van der Waals surface area contributed by atoms with Gasteiger partial charge in [-0.05, 0) is 48.2 Å². The molecule has 2 N–H and O–H groups in total. The highest BCUT2D eigenvalue weighted by Gasteiger charge is 2.32. The molecule has 0 spiro atoms. The molecule has 2 aliphatic rings. The number of benzene rings is 2. The van der Waals surface area contributed by atoms with Gasteiger partial charge in [-0.2, -0.15) is 0 Å². The van der Waals surface area contributed by atoms with E-state index in [0.717, 1.165) is 16.8 Å². The Kier molecular flexibility index (Phi) is 6.19. The predicted molar refractivity (Wildman–Crippen MR) is 115 cm³/mol. The van der Waals surface area contributed by atoms with Crippen LogP contribution in [0.4, 0.5) is 14.5 Å². The lowest BCUT2D eigenvalue weighted by Crippen LogP contribution is -2.50. The van der Waals surface area contributed by atoms with Gasteiger partial charge in [-0.3, -0.25) is 4.79 Å². The van der Waals surface area contributed by atoms with Crippen LogP contribution < -0.4 is 10.6 Å². The predicted octanol–water partition coefficient (Wildman–Crippen LogP) is 4.37. The summed E-state index contributed by atoms with van der Waals surface area (Å²) in [5.41, 5.74) is 8.72. The molecule has 0 saturated carbocycles. The van der Waals surface area contributed by atoms with Gasteiger partial charge < -0.3 is 15.5 Å². The third kappa shape index (κ3) is 4.13. The van der Waals surface area contributed by atoms with Crippen molar-refractivity contribution in [3.8, 4) is 0 Å². The van der Waals surface area contributed by atoms with Gasteiger partial charge in [-0.25, -0.2) is 8.78 Å². The number of carbonyl (C=O) groups is 1. The molecule has 1 aliphatic heterocycles. The molecule has 1 heterocycles. The summed E-state index contributed by atoms with van der Waals surface area (Å²) < 4.78 is 27.2. The van der Waals surface area contributed by atoms with Crippen molar-refractivity contribution in [1.82, 2.24) is 4.90 Å². The van der Waals surface area contributed by atoms with Crippen molar-refractivity contribution in [1.29, 1.82) is 0 Å². The fourth-order valence-corrected chi connectivity index (χ4v) is 4.90. The number of rotatable bonds is 4. The zero-order valence-electron chi connectivity index (χ0n) is 16.4. The fourth-order valence-electron chi connectivity index (χ4n) is 4.48. The Bertz CT molecular complexity index is 964. The highest BCUT2D eigenvalue weighted by atomic mass is 35.5. The second-order valence-electron chi connectivity index (χ2n) is 7.92. The molecule has 2 atom stereocenters. The number of hydrogen-bond donors (Lipinski definition) is 1. The normalized spacial score (nSPS) is 19.7. The molecule has 1 fully saturated rings. The second-order valence-corrected chi connectivity index (χ2v) is 8.70. The summed E-state index contributed by atoms with van der Waals surface area (Å²) in [6.45, 7) is 2.43. The summed E-state index contributed by atoms with van der Waals surface area (Å²) in [6.07, 6.45) is 1.53. The first-order valence-electron chi connectivity index (χ1n) is 10.0. The molecule has 160 valence electrons. The van der Waals surface area contributed by atoms with E-state index >= 15 is 0 Å². The van der Waals surface area contributed by atoms with E-state index in [1.165, 1.54) is 12.1 Å². The Hall–Kier alpha value is -1.89. The molecule has 0 bridgehead atoms. The van der Waals surface area contributed by atoms with Crippen LogP contribution in [0.2, 0.25) is 10.0 Å². The van der Waals surface area contributed by atoms with Crippen LogP contribution in [-0.2, 0) is 11.2 Å². The van der Waals surface area contributed by atoms with Crippen LogP contribution in [-0.4, -0.2) is 43.0 Å². The molecule has 0 unspecified atom stereocenters. The lowest BCUT2D eigenvalue weighted by molar-refractivity contribution is -0.132. The van der Waals surface area contributed by atoms with E-state index in [9.17, 15) is 13.6 Å². The largest absolute Gasteiger partial charge is 0.367 e. The van der Waals surface area contributed by atoms with Crippen molar-refractivity contribution in [2.24, 2.45) is 5.73 Å². The van der Waals surface area contributed by atoms with Crippen LogP contribution in [0, 0.1) is 11.6 Å². The number of carbonyl (C=O) groups excluding carboxylic acids is 1. The zero-order valence-corrected chi connectivity index (χ0v) is 17.9. The molecule has 0 aromatic heterocycles. The Morgan fingerprint density at radius 1 is 1.13 bits per heavy atom. The van der Waals surface area contributed by atoms with Crippen molar-refractivity contribution < 1.29 is 13.6 Å². The Balaban J connectivity index is 1.36. The van der Waals surface area contributed by atoms with Crippen LogP contribution in [0.5, 0.6) is 0 Å². The summed E-state index contributed by atoms with van der Waals surface area (Å²) in [7, 11) is 0. The van der Waals surface area contributed by atoms with Crippen LogP contribution in [0.15, 0.2) is 30.3 Å². The lowest BCUT2D eigenvalue weighted by atomic mass is 9.91. The topological polar surface area (TPSA) is 49.6 Å². The summed E-state index contributed by atoms with van der Waals surface area (Å²) >= 11 is 12.4.